The topological polar surface area (TPSA) is 64.9 Å². The number of para-hydroxylation sites is 1. The number of hydrogen-bond donors (Lipinski definition) is 0. The second-order valence-electron chi connectivity index (χ2n) is 3.45. The summed E-state index contributed by atoms with van der Waals surface area (Å²) >= 11 is 0. The van der Waals surface area contributed by atoms with Crippen LogP contribution in [-0.2, 0) is 4.74 Å². The summed E-state index contributed by atoms with van der Waals surface area (Å²) in [5, 5.41) is 10.8. The molecule has 1 fully saturated rings. The Kier molecular flexibility index (Phi) is 2.55. The van der Waals surface area contributed by atoms with Crippen molar-refractivity contribution in [2.45, 2.75) is 13.0 Å². The highest BCUT2D eigenvalue weighted by atomic mass is 16.6. The van der Waals surface area contributed by atoms with Crippen LogP contribution in [0.1, 0.15) is 5.56 Å². The number of nitrogens with zero attached hydrogens (tertiary/aromatic N) is 1. The van der Waals surface area contributed by atoms with Crippen molar-refractivity contribution < 1.29 is 14.4 Å². The molecule has 1 atom stereocenters. The molecular formula is C10H11NO4. The molecule has 0 spiro atoms. The molecule has 1 aromatic carbocycles. The van der Waals surface area contributed by atoms with E-state index in [1.165, 1.54) is 0 Å². The van der Waals surface area contributed by atoms with Crippen molar-refractivity contribution in [2.75, 3.05) is 13.2 Å². The van der Waals surface area contributed by atoms with Crippen LogP contribution in [0.3, 0.4) is 0 Å². The monoisotopic (exact) mass is 209 g/mol. The number of aryl methyl sites for hydroxylation is 1. The van der Waals surface area contributed by atoms with Gasteiger partial charge in [-0.1, -0.05) is 12.1 Å². The molecule has 1 aliphatic heterocycles. The molecule has 0 aromatic heterocycles. The molecule has 2 rings (SSSR count). The van der Waals surface area contributed by atoms with E-state index in [1.54, 1.807) is 25.1 Å². The average molecular weight is 209 g/mol. The predicted octanol–water partition coefficient (Wildman–Crippen LogP) is 1.68. The summed E-state index contributed by atoms with van der Waals surface area (Å²) in [5.41, 5.74) is 0.646. The molecule has 1 saturated heterocycles. The number of benzene rings is 1. The molecule has 80 valence electrons. The van der Waals surface area contributed by atoms with Crippen molar-refractivity contribution in [2.24, 2.45) is 0 Å². The van der Waals surface area contributed by atoms with Gasteiger partial charge in [0.05, 0.1) is 11.5 Å². The fourth-order valence-corrected chi connectivity index (χ4v) is 1.33. The molecule has 0 N–H and O–H groups in total. The van der Waals surface area contributed by atoms with E-state index in [-0.39, 0.29) is 11.8 Å². The molecule has 0 saturated carbocycles. The summed E-state index contributed by atoms with van der Waals surface area (Å²) in [6, 6.07) is 5.04. The first-order valence-electron chi connectivity index (χ1n) is 4.67. The van der Waals surface area contributed by atoms with Gasteiger partial charge in [-0.05, 0) is 13.0 Å². The first-order valence-corrected chi connectivity index (χ1v) is 4.67. The molecular weight excluding hydrogens is 198 g/mol. The molecule has 5 nitrogen and oxygen atoms in total. The van der Waals surface area contributed by atoms with Crippen LogP contribution in [0, 0.1) is 17.0 Å². The lowest BCUT2D eigenvalue weighted by Gasteiger charge is -2.06. The molecule has 1 aromatic rings. The van der Waals surface area contributed by atoms with Gasteiger partial charge in [-0.2, -0.15) is 0 Å². The number of hydrogen-bond acceptors (Lipinski definition) is 4. The molecule has 0 radical (unpaired) electrons. The summed E-state index contributed by atoms with van der Waals surface area (Å²) in [5.74, 6) is 0.315. The fourth-order valence-electron chi connectivity index (χ4n) is 1.33. The van der Waals surface area contributed by atoms with Crippen LogP contribution < -0.4 is 4.74 Å². The lowest BCUT2D eigenvalue weighted by atomic mass is 10.2. The Bertz CT molecular complexity index is 387. The van der Waals surface area contributed by atoms with Gasteiger partial charge in [0.2, 0.25) is 0 Å². The molecule has 1 aliphatic rings. The predicted molar refractivity (Wildman–Crippen MR) is 53.1 cm³/mol. The lowest BCUT2D eigenvalue weighted by molar-refractivity contribution is -0.386. The van der Waals surface area contributed by atoms with Crippen LogP contribution in [-0.4, -0.2) is 24.2 Å². The average Bonchev–Trinajstić information content (AvgIpc) is 2.97. The number of rotatable bonds is 4. The second-order valence-corrected chi connectivity index (χ2v) is 3.45. The van der Waals surface area contributed by atoms with Crippen LogP contribution in [0.2, 0.25) is 0 Å². The number of ether oxygens (including phenoxy) is 2. The highest BCUT2D eigenvalue weighted by molar-refractivity contribution is 5.52. The molecule has 0 amide bonds. The van der Waals surface area contributed by atoms with Crippen LogP contribution in [0.15, 0.2) is 18.2 Å². The highest BCUT2D eigenvalue weighted by Crippen LogP contribution is 2.30. The SMILES string of the molecule is Cc1cccc(OCC2CO2)c1[N+](=O)[O-]. The van der Waals surface area contributed by atoms with Crippen molar-refractivity contribution in [3.05, 3.63) is 33.9 Å². The number of nitro groups is 1. The number of epoxide rings is 1. The van der Waals surface area contributed by atoms with Crippen molar-refractivity contribution in [1.82, 2.24) is 0 Å². The largest absolute Gasteiger partial charge is 0.484 e. The molecule has 0 bridgehead atoms. The Morgan fingerprint density at radius 3 is 3.00 bits per heavy atom. The maximum atomic E-state index is 10.8. The Labute approximate surface area is 86.8 Å². The van der Waals surface area contributed by atoms with Gasteiger partial charge in [0.25, 0.3) is 0 Å². The molecule has 0 aliphatic carbocycles. The van der Waals surface area contributed by atoms with Gasteiger partial charge in [0.15, 0.2) is 5.75 Å². The zero-order valence-electron chi connectivity index (χ0n) is 8.30. The molecule has 1 heterocycles. The number of nitro benzene ring substituents is 1. The zero-order chi connectivity index (χ0) is 10.8. The van der Waals surface area contributed by atoms with E-state index >= 15 is 0 Å². The third-order valence-corrected chi connectivity index (χ3v) is 2.21. The van der Waals surface area contributed by atoms with E-state index in [9.17, 15) is 10.1 Å². The summed E-state index contributed by atoms with van der Waals surface area (Å²) in [6.45, 7) is 2.75. The van der Waals surface area contributed by atoms with E-state index in [0.717, 1.165) is 0 Å². The first-order chi connectivity index (χ1) is 7.18. The normalized spacial score (nSPS) is 18.6. The van der Waals surface area contributed by atoms with Crippen molar-refractivity contribution in [3.63, 3.8) is 0 Å². The summed E-state index contributed by atoms with van der Waals surface area (Å²) in [4.78, 5) is 10.4. The van der Waals surface area contributed by atoms with Gasteiger partial charge in [-0.25, -0.2) is 0 Å². The molecule has 1 unspecified atom stereocenters. The van der Waals surface area contributed by atoms with E-state index in [1.807, 2.05) is 0 Å². The third-order valence-electron chi connectivity index (χ3n) is 2.21. The van der Waals surface area contributed by atoms with Crippen molar-refractivity contribution in [1.29, 1.82) is 0 Å². The van der Waals surface area contributed by atoms with E-state index in [4.69, 9.17) is 9.47 Å². The summed E-state index contributed by atoms with van der Waals surface area (Å²) in [6.07, 6.45) is 0.102. The Balaban J connectivity index is 2.19. The van der Waals surface area contributed by atoms with Crippen LogP contribution >= 0.6 is 0 Å². The third kappa shape index (κ3) is 2.24. The second kappa shape index (κ2) is 3.86. The van der Waals surface area contributed by atoms with Gasteiger partial charge >= 0.3 is 5.69 Å². The van der Waals surface area contributed by atoms with E-state index < -0.39 is 4.92 Å². The minimum absolute atomic E-state index is 0.0400. The first kappa shape index (κ1) is 9.92. The van der Waals surface area contributed by atoms with Gasteiger partial charge in [0, 0.05) is 5.56 Å². The fraction of sp³-hybridized carbons (Fsp3) is 0.400. The minimum atomic E-state index is -0.418. The Morgan fingerprint density at radius 1 is 1.67 bits per heavy atom. The van der Waals surface area contributed by atoms with Crippen LogP contribution in [0.4, 0.5) is 5.69 Å². The van der Waals surface area contributed by atoms with Crippen LogP contribution in [0.25, 0.3) is 0 Å². The van der Waals surface area contributed by atoms with Crippen LogP contribution in [0.5, 0.6) is 5.75 Å². The van der Waals surface area contributed by atoms with E-state index in [0.29, 0.717) is 24.5 Å². The Morgan fingerprint density at radius 2 is 2.40 bits per heavy atom. The Hall–Kier alpha value is -1.62. The molecule has 15 heavy (non-hydrogen) atoms. The highest BCUT2D eigenvalue weighted by Gasteiger charge is 2.25. The summed E-state index contributed by atoms with van der Waals surface area (Å²) in [7, 11) is 0. The van der Waals surface area contributed by atoms with Gasteiger partial charge in [-0.3, -0.25) is 10.1 Å². The smallest absolute Gasteiger partial charge is 0.313 e. The van der Waals surface area contributed by atoms with Crippen molar-refractivity contribution in [3.8, 4) is 5.75 Å². The van der Waals surface area contributed by atoms with Gasteiger partial charge < -0.3 is 9.47 Å². The zero-order valence-corrected chi connectivity index (χ0v) is 8.30. The standard InChI is InChI=1S/C10H11NO4/c1-7-3-2-4-9(10(7)11(12)13)15-6-8-5-14-8/h2-4,8H,5-6H2,1H3. The lowest BCUT2D eigenvalue weighted by Crippen LogP contribution is -2.06. The minimum Gasteiger partial charge on any atom is -0.484 e. The quantitative estimate of drug-likeness (QED) is 0.430. The van der Waals surface area contributed by atoms with E-state index in [2.05, 4.69) is 0 Å². The maximum Gasteiger partial charge on any atom is 0.313 e. The van der Waals surface area contributed by atoms with Gasteiger partial charge in [0.1, 0.15) is 12.7 Å². The van der Waals surface area contributed by atoms with Gasteiger partial charge in [-0.15, -0.1) is 0 Å². The molecule has 5 heteroatoms. The maximum absolute atomic E-state index is 10.8. The summed E-state index contributed by atoms with van der Waals surface area (Å²) < 4.78 is 10.3. The van der Waals surface area contributed by atoms with Crippen molar-refractivity contribution >= 4 is 5.69 Å².